The van der Waals surface area contributed by atoms with Crippen LogP contribution in [0.3, 0.4) is 0 Å². The third-order valence-corrected chi connectivity index (χ3v) is 5.10. The molecule has 0 saturated heterocycles. The van der Waals surface area contributed by atoms with Gasteiger partial charge in [0.2, 0.25) is 5.60 Å². The summed E-state index contributed by atoms with van der Waals surface area (Å²) in [6.45, 7) is 2.04. The molecule has 0 spiro atoms. The standard InChI is InChI=1S/C24H27NO5/c1-2-3-6-15-20(22(26)27)25-30-24(16-17-24)23(28)29-21(18-11-7-4-8-12-18)19-13-9-5-10-14-19/h4-5,7-14,21H,2-3,6,15-17H2,1H3,(H,26,27)/b25-20-. The number of rotatable bonds is 11. The molecule has 0 aliphatic heterocycles. The molecular formula is C24H27NO5. The van der Waals surface area contributed by atoms with E-state index in [1.165, 1.54) is 0 Å². The number of esters is 1. The highest BCUT2D eigenvalue weighted by Crippen LogP contribution is 2.43. The molecule has 30 heavy (non-hydrogen) atoms. The maximum absolute atomic E-state index is 13.0. The van der Waals surface area contributed by atoms with Crippen LogP contribution in [0.1, 0.15) is 62.7 Å². The molecule has 0 radical (unpaired) electrons. The van der Waals surface area contributed by atoms with Crippen molar-refractivity contribution in [2.24, 2.45) is 5.16 Å². The molecule has 158 valence electrons. The van der Waals surface area contributed by atoms with E-state index in [1.807, 2.05) is 67.6 Å². The van der Waals surface area contributed by atoms with Crippen molar-refractivity contribution < 1.29 is 24.3 Å². The summed E-state index contributed by atoms with van der Waals surface area (Å²) in [5.74, 6) is -1.65. The molecule has 6 nitrogen and oxygen atoms in total. The van der Waals surface area contributed by atoms with E-state index in [0.29, 0.717) is 25.7 Å². The zero-order chi connectivity index (χ0) is 21.4. The molecule has 1 aliphatic carbocycles. The van der Waals surface area contributed by atoms with Gasteiger partial charge in [0.25, 0.3) is 0 Å². The van der Waals surface area contributed by atoms with Crippen LogP contribution in [0.4, 0.5) is 0 Å². The van der Waals surface area contributed by atoms with E-state index in [9.17, 15) is 14.7 Å². The minimum Gasteiger partial charge on any atom is -0.477 e. The molecule has 6 heteroatoms. The smallest absolute Gasteiger partial charge is 0.354 e. The Labute approximate surface area is 176 Å². The van der Waals surface area contributed by atoms with Crippen LogP contribution >= 0.6 is 0 Å². The van der Waals surface area contributed by atoms with Gasteiger partial charge in [-0.3, -0.25) is 0 Å². The summed E-state index contributed by atoms with van der Waals surface area (Å²) >= 11 is 0. The van der Waals surface area contributed by atoms with E-state index in [4.69, 9.17) is 9.57 Å². The zero-order valence-corrected chi connectivity index (χ0v) is 17.1. The minimum atomic E-state index is -1.20. The molecule has 1 aliphatic rings. The van der Waals surface area contributed by atoms with Crippen LogP contribution in [0.2, 0.25) is 0 Å². The molecule has 1 saturated carbocycles. The average molecular weight is 409 g/mol. The van der Waals surface area contributed by atoms with Gasteiger partial charge >= 0.3 is 11.9 Å². The van der Waals surface area contributed by atoms with Crippen LogP contribution in [0, 0.1) is 0 Å². The van der Waals surface area contributed by atoms with E-state index in [-0.39, 0.29) is 5.71 Å². The van der Waals surface area contributed by atoms with Gasteiger partial charge in [-0.25, -0.2) is 9.59 Å². The third-order valence-electron chi connectivity index (χ3n) is 5.10. The molecular weight excluding hydrogens is 382 g/mol. The van der Waals surface area contributed by atoms with Crippen molar-refractivity contribution in [2.45, 2.75) is 57.2 Å². The summed E-state index contributed by atoms with van der Waals surface area (Å²) in [6.07, 6.45) is 3.24. The van der Waals surface area contributed by atoms with E-state index in [0.717, 1.165) is 24.0 Å². The summed E-state index contributed by atoms with van der Waals surface area (Å²) in [4.78, 5) is 29.8. The first-order chi connectivity index (χ1) is 14.6. The van der Waals surface area contributed by atoms with Crippen LogP contribution in [-0.4, -0.2) is 28.4 Å². The Morgan fingerprint density at radius 3 is 2.03 bits per heavy atom. The number of carbonyl (C=O) groups excluding carboxylic acids is 1. The largest absolute Gasteiger partial charge is 0.477 e. The van der Waals surface area contributed by atoms with Crippen molar-refractivity contribution in [3.63, 3.8) is 0 Å². The number of carboxylic acids is 1. The lowest BCUT2D eigenvalue weighted by Crippen LogP contribution is -2.29. The van der Waals surface area contributed by atoms with Gasteiger partial charge < -0.3 is 14.7 Å². The lowest BCUT2D eigenvalue weighted by molar-refractivity contribution is -0.164. The number of nitrogens with zero attached hydrogens (tertiary/aromatic N) is 1. The number of hydrogen-bond donors (Lipinski definition) is 1. The fraction of sp³-hybridized carbons (Fsp3) is 0.375. The Hall–Kier alpha value is -3.15. The van der Waals surface area contributed by atoms with Crippen LogP contribution in [0.15, 0.2) is 65.8 Å². The highest BCUT2D eigenvalue weighted by atomic mass is 16.7. The van der Waals surface area contributed by atoms with Crippen molar-refractivity contribution in [2.75, 3.05) is 0 Å². The van der Waals surface area contributed by atoms with E-state index in [2.05, 4.69) is 5.16 Å². The quantitative estimate of drug-likeness (QED) is 0.247. The van der Waals surface area contributed by atoms with Gasteiger partial charge in [0.15, 0.2) is 11.8 Å². The second-order valence-electron chi connectivity index (χ2n) is 7.49. The number of unbranched alkanes of at least 4 members (excludes halogenated alkanes) is 2. The van der Waals surface area contributed by atoms with Gasteiger partial charge in [-0.2, -0.15) is 0 Å². The summed E-state index contributed by atoms with van der Waals surface area (Å²) in [5.41, 5.74) is 0.433. The number of oxime groups is 1. The molecule has 0 bridgehead atoms. The SMILES string of the molecule is CCCCC/C(=N/OC1(C(=O)OC(c2ccccc2)c2ccccc2)CC1)C(=O)O. The predicted octanol–water partition coefficient (Wildman–Crippen LogP) is 4.89. The Morgan fingerprint density at radius 2 is 1.57 bits per heavy atom. The number of carboxylic acid groups (broad SMARTS) is 1. The van der Waals surface area contributed by atoms with Gasteiger partial charge in [-0.05, 0) is 17.5 Å². The van der Waals surface area contributed by atoms with Crippen LogP contribution in [0.5, 0.6) is 0 Å². The van der Waals surface area contributed by atoms with Crippen molar-refractivity contribution in [3.8, 4) is 0 Å². The lowest BCUT2D eigenvalue weighted by atomic mass is 10.0. The van der Waals surface area contributed by atoms with Crippen molar-refractivity contribution in [3.05, 3.63) is 71.8 Å². The molecule has 0 atom stereocenters. The number of benzene rings is 2. The van der Waals surface area contributed by atoms with E-state index in [1.54, 1.807) is 0 Å². The van der Waals surface area contributed by atoms with Gasteiger partial charge in [0.05, 0.1) is 0 Å². The molecule has 0 unspecified atom stereocenters. The predicted molar refractivity (Wildman–Crippen MR) is 113 cm³/mol. The molecule has 2 aromatic carbocycles. The number of carbonyl (C=O) groups is 2. The van der Waals surface area contributed by atoms with E-state index >= 15 is 0 Å². The first kappa shape index (κ1) is 21.6. The Kier molecular flexibility index (Phi) is 7.22. The summed E-state index contributed by atoms with van der Waals surface area (Å²) < 4.78 is 5.86. The van der Waals surface area contributed by atoms with Gasteiger partial charge in [-0.15, -0.1) is 0 Å². The molecule has 3 rings (SSSR count). The van der Waals surface area contributed by atoms with Crippen LogP contribution < -0.4 is 0 Å². The number of hydrogen-bond acceptors (Lipinski definition) is 5. The monoisotopic (exact) mass is 409 g/mol. The summed E-state index contributed by atoms with van der Waals surface area (Å²) in [6, 6.07) is 19.0. The van der Waals surface area contributed by atoms with Crippen molar-refractivity contribution >= 4 is 17.7 Å². The molecule has 0 aromatic heterocycles. The van der Waals surface area contributed by atoms with Crippen molar-refractivity contribution in [1.29, 1.82) is 0 Å². The average Bonchev–Trinajstić information content (AvgIpc) is 3.56. The first-order valence-corrected chi connectivity index (χ1v) is 10.3. The first-order valence-electron chi connectivity index (χ1n) is 10.3. The van der Waals surface area contributed by atoms with Gasteiger partial charge in [0.1, 0.15) is 0 Å². The van der Waals surface area contributed by atoms with Crippen molar-refractivity contribution in [1.82, 2.24) is 0 Å². The minimum absolute atomic E-state index is 0.0646. The Morgan fingerprint density at radius 1 is 1.00 bits per heavy atom. The summed E-state index contributed by atoms with van der Waals surface area (Å²) in [5, 5.41) is 13.2. The van der Waals surface area contributed by atoms with Gasteiger partial charge in [-0.1, -0.05) is 85.6 Å². The third kappa shape index (κ3) is 5.47. The van der Waals surface area contributed by atoms with Gasteiger partial charge in [0, 0.05) is 19.3 Å². The Balaban J connectivity index is 1.74. The normalized spacial score (nSPS) is 14.9. The fourth-order valence-corrected chi connectivity index (χ4v) is 3.12. The second kappa shape index (κ2) is 10.1. The molecule has 2 aromatic rings. The molecule has 0 heterocycles. The fourth-order valence-electron chi connectivity index (χ4n) is 3.12. The lowest BCUT2D eigenvalue weighted by Gasteiger charge is -2.21. The number of aliphatic carboxylic acids is 1. The second-order valence-corrected chi connectivity index (χ2v) is 7.49. The van der Waals surface area contributed by atoms with Crippen LogP contribution in [0.25, 0.3) is 0 Å². The topological polar surface area (TPSA) is 85.2 Å². The highest BCUT2D eigenvalue weighted by Gasteiger charge is 2.56. The molecule has 1 fully saturated rings. The maximum Gasteiger partial charge on any atom is 0.354 e. The highest BCUT2D eigenvalue weighted by molar-refractivity contribution is 6.35. The Bertz CT molecular complexity index is 835. The molecule has 1 N–H and O–H groups in total. The van der Waals surface area contributed by atoms with Crippen LogP contribution in [-0.2, 0) is 19.2 Å². The van der Waals surface area contributed by atoms with E-state index < -0.39 is 23.6 Å². The molecule has 0 amide bonds. The number of ether oxygens (including phenoxy) is 1. The maximum atomic E-state index is 13.0. The zero-order valence-electron chi connectivity index (χ0n) is 17.1. The summed E-state index contributed by atoms with van der Waals surface area (Å²) in [7, 11) is 0.